The highest BCUT2D eigenvalue weighted by Crippen LogP contribution is 2.15. The summed E-state index contributed by atoms with van der Waals surface area (Å²) in [6.45, 7) is 4.56. The summed E-state index contributed by atoms with van der Waals surface area (Å²) in [4.78, 5) is 0. The lowest BCUT2D eigenvalue weighted by Crippen LogP contribution is -1.90. The van der Waals surface area contributed by atoms with E-state index >= 15 is 0 Å². The van der Waals surface area contributed by atoms with Crippen molar-refractivity contribution in [1.29, 1.82) is 0 Å². The Hall–Kier alpha value is -0.520. The largest absolute Gasteiger partial charge is 0.0883 e. The van der Waals surface area contributed by atoms with E-state index in [0.717, 1.165) is 5.92 Å². The zero-order valence-corrected chi connectivity index (χ0v) is 8.34. The maximum Gasteiger partial charge on any atom is -0.0227 e. The normalized spacial score (nSPS) is 33.5. The summed E-state index contributed by atoms with van der Waals surface area (Å²) in [6.07, 6.45) is 13.6. The van der Waals surface area contributed by atoms with E-state index < -0.39 is 0 Å². The Morgan fingerprint density at radius 3 is 3.00 bits per heavy atom. The number of hydrogen-bond donors (Lipinski definition) is 0. The molecule has 0 saturated heterocycles. The average Bonchev–Trinajstić information content (AvgIpc) is 2.07. The van der Waals surface area contributed by atoms with Crippen molar-refractivity contribution < 1.29 is 0 Å². The monoisotopic (exact) mass is 164 g/mol. The van der Waals surface area contributed by atoms with Gasteiger partial charge in [0.2, 0.25) is 0 Å². The van der Waals surface area contributed by atoms with Gasteiger partial charge in [-0.05, 0) is 44.9 Å². The van der Waals surface area contributed by atoms with Crippen LogP contribution in [0, 0.1) is 5.92 Å². The third kappa shape index (κ3) is 3.75. The molecule has 0 saturated carbocycles. The van der Waals surface area contributed by atoms with E-state index in [-0.39, 0.29) is 0 Å². The molecule has 0 nitrogen and oxygen atoms in total. The first-order valence-electron chi connectivity index (χ1n) is 5.11. The first kappa shape index (κ1) is 9.57. The summed E-state index contributed by atoms with van der Waals surface area (Å²) in [5.41, 5.74) is 1.58. The van der Waals surface area contributed by atoms with Gasteiger partial charge in [-0.2, -0.15) is 0 Å². The van der Waals surface area contributed by atoms with E-state index in [1.807, 2.05) is 0 Å². The Morgan fingerprint density at radius 1 is 1.33 bits per heavy atom. The molecule has 0 aromatic carbocycles. The van der Waals surface area contributed by atoms with Crippen molar-refractivity contribution in [2.24, 2.45) is 5.92 Å². The van der Waals surface area contributed by atoms with Crippen LogP contribution >= 0.6 is 0 Å². The summed E-state index contributed by atoms with van der Waals surface area (Å²) in [5, 5.41) is 0. The minimum Gasteiger partial charge on any atom is -0.0883 e. The Morgan fingerprint density at radius 2 is 2.17 bits per heavy atom. The van der Waals surface area contributed by atoms with Crippen LogP contribution in [0.4, 0.5) is 0 Å². The summed E-state index contributed by atoms with van der Waals surface area (Å²) in [6, 6.07) is 0. The van der Waals surface area contributed by atoms with E-state index in [0.29, 0.717) is 0 Å². The van der Waals surface area contributed by atoms with Crippen molar-refractivity contribution in [2.75, 3.05) is 0 Å². The van der Waals surface area contributed by atoms with Gasteiger partial charge < -0.3 is 0 Å². The van der Waals surface area contributed by atoms with Crippen LogP contribution in [-0.2, 0) is 0 Å². The summed E-state index contributed by atoms with van der Waals surface area (Å²) < 4.78 is 0. The molecule has 0 heteroatoms. The topological polar surface area (TPSA) is 0 Å². The first-order chi connectivity index (χ1) is 5.79. The molecule has 1 unspecified atom stereocenters. The quantitative estimate of drug-likeness (QED) is 0.473. The molecule has 0 amide bonds. The summed E-state index contributed by atoms with van der Waals surface area (Å²) in [5.74, 6) is 0.734. The van der Waals surface area contributed by atoms with Gasteiger partial charge in [-0.3, -0.25) is 0 Å². The van der Waals surface area contributed by atoms with E-state index in [1.165, 1.54) is 32.1 Å². The van der Waals surface area contributed by atoms with Crippen LogP contribution in [0.1, 0.15) is 46.0 Å². The molecule has 0 aliphatic heterocycles. The first-order valence-corrected chi connectivity index (χ1v) is 5.11. The lowest BCUT2D eigenvalue weighted by molar-refractivity contribution is 0.692. The molecular weight excluding hydrogens is 144 g/mol. The zero-order valence-electron chi connectivity index (χ0n) is 8.34. The molecule has 0 aromatic rings. The molecular formula is C12H20. The van der Waals surface area contributed by atoms with Crippen LogP contribution in [0.5, 0.6) is 0 Å². The fourth-order valence-electron chi connectivity index (χ4n) is 1.56. The molecule has 1 atom stereocenters. The van der Waals surface area contributed by atoms with Gasteiger partial charge in [0.05, 0.1) is 0 Å². The standard InChI is InChI=1S/C12H20/c1-11-7-5-3-4-6-8-12(2)10-9-11/h5,7,10-11H,3-4,6,8-9H2,1-2H3/b7-5+,12-10+. The van der Waals surface area contributed by atoms with E-state index in [2.05, 4.69) is 32.1 Å². The molecule has 0 N–H and O–H groups in total. The molecule has 0 heterocycles. The fourth-order valence-corrected chi connectivity index (χ4v) is 1.56. The second-order valence-corrected chi connectivity index (χ2v) is 3.94. The number of rotatable bonds is 0. The number of allylic oxidation sites excluding steroid dienone is 4. The summed E-state index contributed by atoms with van der Waals surface area (Å²) >= 11 is 0. The lowest BCUT2D eigenvalue weighted by atomic mass is 10.00. The molecule has 0 radical (unpaired) electrons. The van der Waals surface area contributed by atoms with Crippen LogP contribution in [0.3, 0.4) is 0 Å². The Bertz CT molecular complexity index is 174. The van der Waals surface area contributed by atoms with Gasteiger partial charge in [-0.1, -0.05) is 30.7 Å². The van der Waals surface area contributed by atoms with Gasteiger partial charge in [0.15, 0.2) is 0 Å². The minimum absolute atomic E-state index is 0.734. The smallest absolute Gasteiger partial charge is 0.0227 e. The predicted octanol–water partition coefficient (Wildman–Crippen LogP) is 4.09. The highest BCUT2D eigenvalue weighted by molar-refractivity contribution is 5.01. The maximum absolute atomic E-state index is 2.40. The van der Waals surface area contributed by atoms with Crippen molar-refractivity contribution in [2.45, 2.75) is 46.0 Å². The lowest BCUT2D eigenvalue weighted by Gasteiger charge is -2.07. The third-order valence-corrected chi connectivity index (χ3v) is 2.49. The minimum atomic E-state index is 0.734. The predicted molar refractivity (Wildman–Crippen MR) is 55.1 cm³/mol. The van der Waals surface area contributed by atoms with E-state index in [9.17, 15) is 0 Å². The Balaban J connectivity index is 2.48. The van der Waals surface area contributed by atoms with Crippen molar-refractivity contribution >= 4 is 0 Å². The zero-order chi connectivity index (χ0) is 8.81. The van der Waals surface area contributed by atoms with Gasteiger partial charge in [0.25, 0.3) is 0 Å². The molecule has 0 fully saturated rings. The van der Waals surface area contributed by atoms with Crippen molar-refractivity contribution in [3.05, 3.63) is 23.8 Å². The van der Waals surface area contributed by atoms with Crippen LogP contribution in [-0.4, -0.2) is 0 Å². The molecule has 1 aliphatic carbocycles. The van der Waals surface area contributed by atoms with Gasteiger partial charge in [0.1, 0.15) is 0 Å². The molecule has 0 spiro atoms. The Kier molecular flexibility index (Phi) is 4.13. The number of hydrogen-bond acceptors (Lipinski definition) is 0. The van der Waals surface area contributed by atoms with Crippen LogP contribution in [0.2, 0.25) is 0 Å². The molecule has 0 bridgehead atoms. The van der Waals surface area contributed by atoms with E-state index in [1.54, 1.807) is 5.57 Å². The van der Waals surface area contributed by atoms with Crippen LogP contribution in [0.25, 0.3) is 0 Å². The second kappa shape index (κ2) is 5.18. The van der Waals surface area contributed by atoms with Crippen molar-refractivity contribution in [3.8, 4) is 0 Å². The van der Waals surface area contributed by atoms with Crippen molar-refractivity contribution in [1.82, 2.24) is 0 Å². The maximum atomic E-state index is 2.40. The molecule has 68 valence electrons. The van der Waals surface area contributed by atoms with Gasteiger partial charge in [-0.15, -0.1) is 0 Å². The Labute approximate surface area is 76.4 Å². The van der Waals surface area contributed by atoms with Crippen LogP contribution < -0.4 is 0 Å². The van der Waals surface area contributed by atoms with Crippen molar-refractivity contribution in [3.63, 3.8) is 0 Å². The van der Waals surface area contributed by atoms with E-state index in [4.69, 9.17) is 0 Å². The molecule has 0 aromatic heterocycles. The van der Waals surface area contributed by atoms with Gasteiger partial charge in [-0.25, -0.2) is 0 Å². The average molecular weight is 164 g/mol. The fraction of sp³-hybridized carbons (Fsp3) is 0.667. The highest BCUT2D eigenvalue weighted by atomic mass is 14.0. The SMILES string of the molecule is C/C1=C\CC(C)/C=C/CCCC1. The van der Waals surface area contributed by atoms with Gasteiger partial charge in [0, 0.05) is 0 Å². The van der Waals surface area contributed by atoms with Crippen LogP contribution in [0.15, 0.2) is 23.8 Å². The molecule has 1 aliphatic rings. The highest BCUT2D eigenvalue weighted by Gasteiger charge is 1.97. The second-order valence-electron chi connectivity index (χ2n) is 3.94. The van der Waals surface area contributed by atoms with Gasteiger partial charge >= 0.3 is 0 Å². The third-order valence-electron chi connectivity index (χ3n) is 2.49. The summed E-state index contributed by atoms with van der Waals surface area (Å²) in [7, 11) is 0. The molecule has 1 rings (SSSR count). The molecule has 12 heavy (non-hydrogen) atoms.